The molecule has 3 rings (SSSR count). The first-order valence-corrected chi connectivity index (χ1v) is 7.07. The standard InChI is InChI=1S/C14H15ClF2N2/c1-8(9-3-2-4-9)19-12-6-10(16)5-11(17)14(12)18-13(19)7-15/h5-6,8-9H,2-4,7H2,1H3. The second-order valence-electron chi connectivity index (χ2n) is 5.22. The van der Waals surface area contributed by atoms with Crippen LogP contribution in [0.1, 0.15) is 38.1 Å². The summed E-state index contributed by atoms with van der Waals surface area (Å²) in [6, 6.07) is 2.39. The van der Waals surface area contributed by atoms with Crippen LogP contribution < -0.4 is 0 Å². The summed E-state index contributed by atoms with van der Waals surface area (Å²) in [5, 5.41) is 0. The first-order valence-electron chi connectivity index (χ1n) is 6.53. The zero-order chi connectivity index (χ0) is 13.6. The predicted octanol–water partition coefficient (Wildman–Crippen LogP) is 4.41. The van der Waals surface area contributed by atoms with Crippen molar-refractivity contribution in [2.45, 2.75) is 38.1 Å². The van der Waals surface area contributed by atoms with Gasteiger partial charge >= 0.3 is 0 Å². The Morgan fingerprint density at radius 1 is 1.42 bits per heavy atom. The van der Waals surface area contributed by atoms with Crippen LogP contribution in [0.15, 0.2) is 12.1 Å². The molecule has 1 fully saturated rings. The quantitative estimate of drug-likeness (QED) is 0.763. The Kier molecular flexibility index (Phi) is 3.21. The number of halogens is 3. The average molecular weight is 285 g/mol. The lowest BCUT2D eigenvalue weighted by Gasteiger charge is -2.33. The molecule has 0 saturated heterocycles. The van der Waals surface area contributed by atoms with E-state index in [4.69, 9.17) is 11.6 Å². The van der Waals surface area contributed by atoms with Crippen LogP contribution >= 0.6 is 11.6 Å². The van der Waals surface area contributed by atoms with Gasteiger partial charge in [-0.2, -0.15) is 0 Å². The van der Waals surface area contributed by atoms with Gasteiger partial charge in [0.1, 0.15) is 17.2 Å². The van der Waals surface area contributed by atoms with Gasteiger partial charge in [-0.1, -0.05) is 6.42 Å². The maximum Gasteiger partial charge on any atom is 0.153 e. The van der Waals surface area contributed by atoms with E-state index >= 15 is 0 Å². The summed E-state index contributed by atoms with van der Waals surface area (Å²) in [4.78, 5) is 4.22. The van der Waals surface area contributed by atoms with Crippen molar-refractivity contribution in [3.63, 3.8) is 0 Å². The van der Waals surface area contributed by atoms with Gasteiger partial charge in [0.2, 0.25) is 0 Å². The third-order valence-corrected chi connectivity index (χ3v) is 4.38. The van der Waals surface area contributed by atoms with Gasteiger partial charge in [-0.25, -0.2) is 13.8 Å². The molecule has 1 atom stereocenters. The molecule has 2 aromatic rings. The van der Waals surface area contributed by atoms with E-state index in [1.807, 2.05) is 4.57 Å². The molecule has 0 amide bonds. The molecule has 0 aliphatic heterocycles. The fourth-order valence-electron chi connectivity index (χ4n) is 2.85. The van der Waals surface area contributed by atoms with Crippen molar-refractivity contribution in [2.75, 3.05) is 0 Å². The van der Waals surface area contributed by atoms with Gasteiger partial charge in [0, 0.05) is 12.1 Å². The molecule has 1 unspecified atom stereocenters. The lowest BCUT2D eigenvalue weighted by molar-refractivity contribution is 0.223. The SMILES string of the molecule is CC(C1CCC1)n1c(CCl)nc2c(F)cc(F)cc21. The van der Waals surface area contributed by atoms with E-state index in [0.717, 1.165) is 18.9 Å². The zero-order valence-electron chi connectivity index (χ0n) is 10.7. The van der Waals surface area contributed by atoms with Gasteiger partial charge in [-0.3, -0.25) is 0 Å². The summed E-state index contributed by atoms with van der Waals surface area (Å²) >= 11 is 5.91. The number of hydrogen-bond donors (Lipinski definition) is 0. The number of imidazole rings is 1. The van der Waals surface area contributed by atoms with E-state index in [9.17, 15) is 8.78 Å². The zero-order valence-corrected chi connectivity index (χ0v) is 11.4. The molecule has 1 aliphatic carbocycles. The number of rotatable bonds is 3. The Labute approximate surface area is 115 Å². The molecule has 0 radical (unpaired) electrons. The van der Waals surface area contributed by atoms with Gasteiger partial charge in [-0.15, -0.1) is 11.6 Å². The average Bonchev–Trinajstić information content (AvgIpc) is 2.65. The Hall–Kier alpha value is -1.16. The number of fused-ring (bicyclic) bond motifs is 1. The Balaban J connectivity index is 2.19. The Morgan fingerprint density at radius 2 is 2.16 bits per heavy atom. The second kappa shape index (κ2) is 4.75. The molecule has 1 aromatic carbocycles. The summed E-state index contributed by atoms with van der Waals surface area (Å²) < 4.78 is 29.1. The third kappa shape index (κ3) is 2.02. The van der Waals surface area contributed by atoms with Crippen LogP contribution in [0.5, 0.6) is 0 Å². The van der Waals surface area contributed by atoms with Crippen molar-refractivity contribution in [1.82, 2.24) is 9.55 Å². The van der Waals surface area contributed by atoms with E-state index in [1.54, 1.807) is 0 Å². The molecule has 2 nitrogen and oxygen atoms in total. The first kappa shape index (κ1) is 12.9. The maximum absolute atomic E-state index is 13.8. The van der Waals surface area contributed by atoms with Crippen LogP contribution in [0.25, 0.3) is 11.0 Å². The van der Waals surface area contributed by atoms with Crippen molar-refractivity contribution < 1.29 is 8.78 Å². The van der Waals surface area contributed by atoms with E-state index in [-0.39, 0.29) is 17.4 Å². The normalized spacial score (nSPS) is 17.7. The smallest absolute Gasteiger partial charge is 0.153 e. The lowest BCUT2D eigenvalue weighted by atomic mass is 9.80. The van der Waals surface area contributed by atoms with Crippen molar-refractivity contribution in [2.24, 2.45) is 5.92 Å². The van der Waals surface area contributed by atoms with Crippen molar-refractivity contribution in [3.05, 3.63) is 29.6 Å². The molecule has 1 aliphatic rings. The lowest BCUT2D eigenvalue weighted by Crippen LogP contribution is -2.24. The van der Waals surface area contributed by atoms with Crippen LogP contribution in [0.3, 0.4) is 0 Å². The molecular formula is C14H15ClF2N2. The van der Waals surface area contributed by atoms with E-state index in [2.05, 4.69) is 11.9 Å². The number of hydrogen-bond acceptors (Lipinski definition) is 1. The third-order valence-electron chi connectivity index (χ3n) is 4.15. The minimum atomic E-state index is -0.624. The van der Waals surface area contributed by atoms with E-state index in [0.29, 0.717) is 17.3 Å². The summed E-state index contributed by atoms with van der Waals surface area (Å²) in [6.45, 7) is 2.07. The predicted molar refractivity (Wildman–Crippen MR) is 71.3 cm³/mol. The second-order valence-corrected chi connectivity index (χ2v) is 5.49. The van der Waals surface area contributed by atoms with Gasteiger partial charge in [0.15, 0.2) is 5.82 Å². The van der Waals surface area contributed by atoms with Gasteiger partial charge < -0.3 is 4.57 Å². The Morgan fingerprint density at radius 3 is 2.74 bits per heavy atom. The molecule has 1 saturated carbocycles. The van der Waals surface area contributed by atoms with E-state index < -0.39 is 11.6 Å². The summed E-state index contributed by atoms with van der Waals surface area (Å²) in [7, 11) is 0. The molecule has 0 spiro atoms. The van der Waals surface area contributed by atoms with Crippen molar-refractivity contribution in [3.8, 4) is 0 Å². The highest BCUT2D eigenvalue weighted by molar-refractivity contribution is 6.16. The van der Waals surface area contributed by atoms with Gasteiger partial charge in [0.05, 0.1) is 11.4 Å². The van der Waals surface area contributed by atoms with Crippen LogP contribution in [0.2, 0.25) is 0 Å². The maximum atomic E-state index is 13.8. The van der Waals surface area contributed by atoms with Gasteiger partial charge in [0.25, 0.3) is 0 Å². The van der Waals surface area contributed by atoms with Crippen LogP contribution in [-0.4, -0.2) is 9.55 Å². The first-order chi connectivity index (χ1) is 9.11. The topological polar surface area (TPSA) is 17.8 Å². The fourth-order valence-corrected chi connectivity index (χ4v) is 3.04. The van der Waals surface area contributed by atoms with E-state index in [1.165, 1.54) is 12.5 Å². The summed E-state index contributed by atoms with van der Waals surface area (Å²) in [5.41, 5.74) is 0.718. The minimum absolute atomic E-state index is 0.175. The minimum Gasteiger partial charge on any atom is -0.324 e. The molecule has 0 bridgehead atoms. The molecule has 102 valence electrons. The largest absolute Gasteiger partial charge is 0.324 e. The molecule has 19 heavy (non-hydrogen) atoms. The monoisotopic (exact) mass is 284 g/mol. The Bertz CT molecular complexity index is 619. The summed E-state index contributed by atoms with van der Waals surface area (Å²) in [6.07, 6.45) is 3.53. The number of benzene rings is 1. The van der Waals surface area contributed by atoms with Crippen LogP contribution in [0, 0.1) is 17.6 Å². The van der Waals surface area contributed by atoms with Crippen LogP contribution in [-0.2, 0) is 5.88 Å². The highest BCUT2D eigenvalue weighted by Crippen LogP contribution is 2.38. The van der Waals surface area contributed by atoms with Gasteiger partial charge in [-0.05, 0) is 31.7 Å². The summed E-state index contributed by atoms with van der Waals surface area (Å²) in [5.74, 6) is 0.160. The number of alkyl halides is 1. The highest BCUT2D eigenvalue weighted by Gasteiger charge is 2.28. The molecule has 1 aromatic heterocycles. The number of aromatic nitrogens is 2. The molecule has 5 heteroatoms. The van der Waals surface area contributed by atoms with Crippen molar-refractivity contribution in [1.29, 1.82) is 0 Å². The highest BCUT2D eigenvalue weighted by atomic mass is 35.5. The van der Waals surface area contributed by atoms with Crippen molar-refractivity contribution >= 4 is 22.6 Å². The number of nitrogens with zero attached hydrogens (tertiary/aromatic N) is 2. The fraction of sp³-hybridized carbons (Fsp3) is 0.500. The van der Waals surface area contributed by atoms with Crippen LogP contribution in [0.4, 0.5) is 8.78 Å². The molecule has 1 heterocycles. The molecule has 0 N–H and O–H groups in total. The molecular weight excluding hydrogens is 270 g/mol.